The molecular weight excluding hydrogens is 350 g/mol. The fraction of sp³-hybridized carbons (Fsp3) is 0.389. The summed E-state index contributed by atoms with van der Waals surface area (Å²) in [5.41, 5.74) is -0.482. The van der Waals surface area contributed by atoms with Gasteiger partial charge in [0, 0.05) is 24.9 Å². The number of pyridine rings is 1. The van der Waals surface area contributed by atoms with Crippen molar-refractivity contribution in [2.45, 2.75) is 38.6 Å². The van der Waals surface area contributed by atoms with Gasteiger partial charge in [-0.25, -0.2) is 4.98 Å². The van der Waals surface area contributed by atoms with Gasteiger partial charge in [0.25, 0.3) is 11.5 Å². The molecular formula is C18H19N5O4. The second-order valence-electron chi connectivity index (χ2n) is 6.87. The molecule has 9 nitrogen and oxygen atoms in total. The Labute approximate surface area is 154 Å². The molecule has 1 aliphatic heterocycles. The fourth-order valence-corrected chi connectivity index (χ4v) is 3.28. The van der Waals surface area contributed by atoms with E-state index in [0.29, 0.717) is 24.7 Å². The highest BCUT2D eigenvalue weighted by Crippen LogP contribution is 2.32. The smallest absolute Gasteiger partial charge is 0.270 e. The average molecular weight is 369 g/mol. The Balaban J connectivity index is 1.70. The minimum absolute atomic E-state index is 0.0615. The van der Waals surface area contributed by atoms with Crippen LogP contribution in [0.3, 0.4) is 0 Å². The highest BCUT2D eigenvalue weighted by atomic mass is 16.5. The Morgan fingerprint density at radius 1 is 1.41 bits per heavy atom. The lowest BCUT2D eigenvalue weighted by atomic mass is 10.2. The Morgan fingerprint density at radius 3 is 2.96 bits per heavy atom. The van der Waals surface area contributed by atoms with E-state index in [0.717, 1.165) is 10.8 Å². The van der Waals surface area contributed by atoms with Crippen LogP contribution in [-0.2, 0) is 0 Å². The van der Waals surface area contributed by atoms with Crippen molar-refractivity contribution >= 4 is 11.6 Å². The van der Waals surface area contributed by atoms with Gasteiger partial charge in [-0.2, -0.15) is 4.98 Å². The van der Waals surface area contributed by atoms with Crippen LogP contribution in [0.4, 0.5) is 0 Å². The minimum atomic E-state index is -0.528. The molecule has 3 aromatic heterocycles. The lowest BCUT2D eigenvalue weighted by molar-refractivity contribution is 0.0707. The van der Waals surface area contributed by atoms with Gasteiger partial charge in [-0.15, -0.1) is 0 Å². The summed E-state index contributed by atoms with van der Waals surface area (Å²) in [5.74, 6) is 0.537. The topological polar surface area (TPSA) is 114 Å². The van der Waals surface area contributed by atoms with Crippen LogP contribution in [0.25, 0.3) is 5.65 Å². The number of carbonyl (C=O) groups excluding carboxylic acids is 1. The molecule has 1 saturated heterocycles. The zero-order valence-corrected chi connectivity index (χ0v) is 15.0. The number of rotatable bonds is 3. The fourth-order valence-electron chi connectivity index (χ4n) is 3.28. The number of fused-ring (bicyclic) bond motifs is 1. The maximum absolute atomic E-state index is 13.0. The van der Waals surface area contributed by atoms with E-state index in [2.05, 4.69) is 15.1 Å². The van der Waals surface area contributed by atoms with E-state index in [1.165, 1.54) is 24.5 Å². The van der Waals surface area contributed by atoms with Crippen LogP contribution in [0.5, 0.6) is 5.75 Å². The van der Waals surface area contributed by atoms with E-state index < -0.39 is 11.5 Å². The summed E-state index contributed by atoms with van der Waals surface area (Å²) >= 11 is 0. The number of nitrogens with zero attached hydrogens (tertiary/aromatic N) is 5. The Kier molecular flexibility index (Phi) is 4.14. The molecule has 4 heterocycles. The van der Waals surface area contributed by atoms with Gasteiger partial charge in [-0.05, 0) is 25.0 Å². The molecule has 1 N–H and O–H groups in total. The summed E-state index contributed by atoms with van der Waals surface area (Å²) in [4.78, 5) is 35.8. The van der Waals surface area contributed by atoms with E-state index in [1.807, 2.05) is 13.8 Å². The van der Waals surface area contributed by atoms with E-state index in [9.17, 15) is 14.7 Å². The van der Waals surface area contributed by atoms with Crippen molar-refractivity contribution in [3.05, 3.63) is 52.2 Å². The first-order chi connectivity index (χ1) is 13.0. The largest absolute Gasteiger partial charge is 0.504 e. The van der Waals surface area contributed by atoms with Crippen LogP contribution in [0.15, 0.2) is 33.8 Å². The van der Waals surface area contributed by atoms with Gasteiger partial charge in [-0.1, -0.05) is 19.0 Å². The van der Waals surface area contributed by atoms with Crippen molar-refractivity contribution in [3.63, 3.8) is 0 Å². The normalized spacial score (nSPS) is 17.1. The van der Waals surface area contributed by atoms with Crippen molar-refractivity contribution < 1.29 is 14.4 Å². The highest BCUT2D eigenvalue weighted by molar-refractivity contribution is 5.94. The van der Waals surface area contributed by atoms with Gasteiger partial charge in [0.2, 0.25) is 5.89 Å². The van der Waals surface area contributed by atoms with Crippen LogP contribution >= 0.6 is 0 Å². The molecule has 1 amide bonds. The molecule has 0 aliphatic carbocycles. The Hall–Kier alpha value is -3.23. The standard InChI is InChI=1S/C18H19N5O4/c1-10(2)14-20-16(27-21-14)12-5-3-7-22(12)17(25)11-9-19-15-13(24)6-4-8-23(15)18(11)26/h4,6,8-10,12,24H,3,5,7H2,1-2H3/t12-/m1/s1. The van der Waals surface area contributed by atoms with Gasteiger partial charge in [0.05, 0.1) is 0 Å². The molecule has 1 fully saturated rings. The molecule has 3 aromatic rings. The molecule has 0 spiro atoms. The second kappa shape index (κ2) is 6.49. The first-order valence-electron chi connectivity index (χ1n) is 8.81. The van der Waals surface area contributed by atoms with Crippen LogP contribution in [0.2, 0.25) is 0 Å². The summed E-state index contributed by atoms with van der Waals surface area (Å²) in [6.45, 7) is 4.41. The van der Waals surface area contributed by atoms with Crippen molar-refractivity contribution in [2.75, 3.05) is 6.54 Å². The van der Waals surface area contributed by atoms with Gasteiger partial charge >= 0.3 is 0 Å². The highest BCUT2D eigenvalue weighted by Gasteiger charge is 2.36. The van der Waals surface area contributed by atoms with E-state index >= 15 is 0 Å². The van der Waals surface area contributed by atoms with E-state index in [1.54, 1.807) is 4.90 Å². The van der Waals surface area contributed by atoms with Crippen LogP contribution < -0.4 is 5.56 Å². The Morgan fingerprint density at radius 2 is 2.22 bits per heavy atom. The van der Waals surface area contributed by atoms with Gasteiger partial charge < -0.3 is 14.5 Å². The molecule has 0 unspecified atom stereocenters. The quantitative estimate of drug-likeness (QED) is 0.750. The molecule has 0 aromatic carbocycles. The van der Waals surface area contributed by atoms with Gasteiger partial charge in [0.1, 0.15) is 11.6 Å². The predicted molar refractivity (Wildman–Crippen MR) is 94.5 cm³/mol. The number of carbonyl (C=O) groups is 1. The number of aromatic nitrogens is 4. The van der Waals surface area contributed by atoms with Crippen LogP contribution in [0.1, 0.15) is 60.7 Å². The van der Waals surface area contributed by atoms with Crippen molar-refractivity contribution in [1.29, 1.82) is 0 Å². The van der Waals surface area contributed by atoms with Crippen molar-refractivity contribution in [2.24, 2.45) is 0 Å². The van der Waals surface area contributed by atoms with Crippen LogP contribution in [-0.4, -0.2) is 42.0 Å². The van der Waals surface area contributed by atoms with E-state index in [4.69, 9.17) is 4.52 Å². The number of aromatic hydroxyl groups is 1. The molecule has 27 heavy (non-hydrogen) atoms. The first-order valence-corrected chi connectivity index (χ1v) is 8.81. The molecule has 140 valence electrons. The zero-order chi connectivity index (χ0) is 19.1. The summed E-state index contributed by atoms with van der Waals surface area (Å²) in [6.07, 6.45) is 4.14. The molecule has 4 rings (SSSR count). The molecule has 0 saturated carbocycles. The number of amides is 1. The number of hydrogen-bond donors (Lipinski definition) is 1. The van der Waals surface area contributed by atoms with Crippen molar-refractivity contribution in [1.82, 2.24) is 24.4 Å². The monoisotopic (exact) mass is 369 g/mol. The SMILES string of the molecule is CC(C)c1noc([C@H]2CCCN2C(=O)c2cnc3c(O)cccn3c2=O)n1. The third kappa shape index (κ3) is 2.84. The summed E-state index contributed by atoms with van der Waals surface area (Å²) in [5, 5.41) is 13.8. The first kappa shape index (κ1) is 17.2. The molecule has 1 atom stereocenters. The maximum Gasteiger partial charge on any atom is 0.270 e. The molecule has 9 heteroatoms. The molecule has 0 radical (unpaired) electrons. The summed E-state index contributed by atoms with van der Waals surface area (Å²) < 4.78 is 6.52. The third-order valence-electron chi connectivity index (χ3n) is 4.71. The molecule has 0 bridgehead atoms. The predicted octanol–water partition coefficient (Wildman–Crippen LogP) is 1.88. The summed E-state index contributed by atoms with van der Waals surface area (Å²) in [7, 11) is 0. The Bertz CT molecular complexity index is 1070. The third-order valence-corrected chi connectivity index (χ3v) is 4.71. The number of hydrogen-bond acceptors (Lipinski definition) is 7. The average Bonchev–Trinajstić information content (AvgIpc) is 3.31. The lowest BCUT2D eigenvalue weighted by Gasteiger charge is -2.21. The zero-order valence-electron chi connectivity index (χ0n) is 15.0. The molecule has 1 aliphatic rings. The number of likely N-dealkylation sites (tertiary alicyclic amines) is 1. The van der Waals surface area contributed by atoms with Gasteiger partial charge in [0.15, 0.2) is 17.2 Å². The van der Waals surface area contributed by atoms with E-state index in [-0.39, 0.29) is 28.9 Å². The second-order valence-corrected chi connectivity index (χ2v) is 6.87. The summed E-state index contributed by atoms with van der Waals surface area (Å²) in [6, 6.07) is 2.59. The minimum Gasteiger partial charge on any atom is -0.504 e. The van der Waals surface area contributed by atoms with Gasteiger partial charge in [-0.3, -0.25) is 14.0 Å². The van der Waals surface area contributed by atoms with Crippen molar-refractivity contribution in [3.8, 4) is 5.75 Å². The van der Waals surface area contributed by atoms with Crippen LogP contribution in [0, 0.1) is 0 Å². The lowest BCUT2D eigenvalue weighted by Crippen LogP contribution is -2.35. The maximum atomic E-state index is 13.0.